The maximum absolute atomic E-state index is 13.3. The van der Waals surface area contributed by atoms with E-state index in [0.29, 0.717) is 0 Å². The average Bonchev–Trinajstić information content (AvgIpc) is 3.32. The van der Waals surface area contributed by atoms with Gasteiger partial charge in [-0.1, -0.05) is 6.08 Å². The minimum absolute atomic E-state index is 0.00404. The monoisotopic (exact) mass is 415 g/mol. The number of rotatable bonds is 5. The highest BCUT2D eigenvalue weighted by atomic mass is 16.7. The fourth-order valence-electron chi connectivity index (χ4n) is 4.22. The topological polar surface area (TPSA) is 137 Å². The van der Waals surface area contributed by atoms with E-state index in [2.05, 4.69) is 0 Å². The SMILES string of the molecule is CC(=O)OC(OC(C)=O)[C@]12C=C[C@H](O1)[C@H]1C(=O)N(c3ccc(C(=O)O)cc3)C(=O)[C@@H]12. The molecule has 2 amide bonds. The number of hydrogen-bond acceptors (Lipinski definition) is 8. The van der Waals surface area contributed by atoms with Gasteiger partial charge in [-0.15, -0.1) is 0 Å². The molecule has 3 heterocycles. The number of aromatic carboxylic acids is 1. The van der Waals surface area contributed by atoms with Crippen molar-refractivity contribution in [3.8, 4) is 0 Å². The molecular formula is C20H17NO9. The molecule has 1 N–H and O–H groups in total. The molecule has 30 heavy (non-hydrogen) atoms. The Hall–Kier alpha value is -3.53. The third-order valence-corrected chi connectivity index (χ3v) is 5.36. The lowest BCUT2D eigenvalue weighted by molar-refractivity contribution is -0.226. The quantitative estimate of drug-likeness (QED) is 0.318. The molecule has 1 aromatic carbocycles. The van der Waals surface area contributed by atoms with Gasteiger partial charge in [-0.3, -0.25) is 19.2 Å². The number of carbonyl (C=O) groups is 5. The van der Waals surface area contributed by atoms with Crippen molar-refractivity contribution in [1.29, 1.82) is 0 Å². The standard InChI is InChI=1S/C20H17NO9/c1-9(22)28-19(29-10(2)23)20-8-7-13(30-20)14-15(20)17(25)21(16(14)24)12-5-3-11(4-6-12)18(26)27/h3-8,13-15,19H,1-2H3,(H,26,27)/t13-,14+,15+,20+/m0/s1. The van der Waals surface area contributed by atoms with Gasteiger partial charge in [-0.2, -0.15) is 0 Å². The van der Waals surface area contributed by atoms with E-state index < -0.39 is 59.6 Å². The van der Waals surface area contributed by atoms with Crippen LogP contribution in [0.1, 0.15) is 24.2 Å². The van der Waals surface area contributed by atoms with Crippen LogP contribution in [0.2, 0.25) is 0 Å². The number of esters is 2. The molecule has 0 radical (unpaired) electrons. The molecule has 0 unspecified atom stereocenters. The summed E-state index contributed by atoms with van der Waals surface area (Å²) in [6.07, 6.45) is 0.749. The zero-order chi connectivity index (χ0) is 21.8. The number of fused-ring (bicyclic) bond motifs is 5. The summed E-state index contributed by atoms with van der Waals surface area (Å²) in [5.74, 6) is -5.77. The zero-order valence-corrected chi connectivity index (χ0v) is 15.9. The molecule has 0 aliphatic carbocycles. The Morgan fingerprint density at radius 1 is 1.07 bits per heavy atom. The predicted molar refractivity (Wildman–Crippen MR) is 96.9 cm³/mol. The highest BCUT2D eigenvalue weighted by molar-refractivity contribution is 6.23. The Morgan fingerprint density at radius 3 is 2.20 bits per heavy atom. The van der Waals surface area contributed by atoms with E-state index in [1.807, 2.05) is 0 Å². The molecule has 3 aliphatic heterocycles. The van der Waals surface area contributed by atoms with E-state index in [4.69, 9.17) is 19.3 Å². The first-order valence-electron chi connectivity index (χ1n) is 9.08. The Bertz CT molecular complexity index is 982. The normalized spacial score (nSPS) is 28.8. The summed E-state index contributed by atoms with van der Waals surface area (Å²) in [5, 5.41) is 9.04. The number of amides is 2. The van der Waals surface area contributed by atoms with Crippen molar-refractivity contribution >= 4 is 35.4 Å². The van der Waals surface area contributed by atoms with Gasteiger partial charge in [0.1, 0.15) is 0 Å². The van der Waals surface area contributed by atoms with Crippen molar-refractivity contribution in [3.63, 3.8) is 0 Å². The third-order valence-electron chi connectivity index (χ3n) is 5.36. The first kappa shape index (κ1) is 19.8. The van der Waals surface area contributed by atoms with Gasteiger partial charge in [0.15, 0.2) is 5.60 Å². The van der Waals surface area contributed by atoms with Crippen LogP contribution in [0.15, 0.2) is 36.4 Å². The molecule has 10 nitrogen and oxygen atoms in total. The van der Waals surface area contributed by atoms with Crippen LogP contribution < -0.4 is 4.90 Å². The van der Waals surface area contributed by atoms with Crippen LogP contribution in [0.5, 0.6) is 0 Å². The van der Waals surface area contributed by atoms with E-state index in [9.17, 15) is 24.0 Å². The summed E-state index contributed by atoms with van der Waals surface area (Å²) in [6.45, 7) is 2.24. The van der Waals surface area contributed by atoms with Crippen molar-refractivity contribution in [1.82, 2.24) is 0 Å². The number of carboxylic acid groups (broad SMARTS) is 1. The minimum atomic E-state index is -1.63. The van der Waals surface area contributed by atoms with Crippen molar-refractivity contribution < 1.29 is 43.3 Å². The molecular weight excluding hydrogens is 398 g/mol. The fourth-order valence-corrected chi connectivity index (χ4v) is 4.22. The molecule has 0 saturated carbocycles. The summed E-state index contributed by atoms with van der Waals surface area (Å²) in [4.78, 5) is 61.5. The lowest BCUT2D eigenvalue weighted by atomic mass is 9.76. The number of hydrogen-bond donors (Lipinski definition) is 1. The second-order valence-electron chi connectivity index (χ2n) is 7.21. The van der Waals surface area contributed by atoms with Crippen LogP contribution in [-0.2, 0) is 33.4 Å². The predicted octanol–water partition coefficient (Wildman–Crippen LogP) is 0.650. The van der Waals surface area contributed by atoms with Crippen LogP contribution >= 0.6 is 0 Å². The summed E-state index contributed by atoms with van der Waals surface area (Å²) in [6, 6.07) is 5.29. The largest absolute Gasteiger partial charge is 0.478 e. The number of nitrogens with zero attached hydrogens (tertiary/aromatic N) is 1. The van der Waals surface area contributed by atoms with Gasteiger partial charge < -0.3 is 19.3 Å². The van der Waals surface area contributed by atoms with Crippen molar-refractivity contribution in [2.45, 2.75) is 31.8 Å². The molecule has 0 aromatic heterocycles. The molecule has 3 aliphatic rings. The van der Waals surface area contributed by atoms with Crippen LogP contribution in [0.4, 0.5) is 5.69 Å². The number of carboxylic acids is 1. The molecule has 0 spiro atoms. The molecule has 4 atom stereocenters. The zero-order valence-electron chi connectivity index (χ0n) is 15.9. The van der Waals surface area contributed by atoms with Crippen LogP contribution in [0, 0.1) is 11.8 Å². The fraction of sp³-hybridized carbons (Fsp3) is 0.350. The van der Waals surface area contributed by atoms with E-state index in [-0.39, 0.29) is 11.3 Å². The summed E-state index contributed by atoms with van der Waals surface area (Å²) >= 11 is 0. The second kappa shape index (κ2) is 6.77. The molecule has 2 fully saturated rings. The van der Waals surface area contributed by atoms with E-state index in [1.54, 1.807) is 6.08 Å². The molecule has 2 saturated heterocycles. The number of ether oxygens (including phenoxy) is 3. The first-order valence-corrected chi connectivity index (χ1v) is 9.08. The van der Waals surface area contributed by atoms with Gasteiger partial charge in [0.2, 0.25) is 11.8 Å². The summed E-state index contributed by atoms with van der Waals surface area (Å²) in [5.41, 5.74) is -1.42. The lowest BCUT2D eigenvalue weighted by Gasteiger charge is -2.34. The van der Waals surface area contributed by atoms with E-state index >= 15 is 0 Å². The third kappa shape index (κ3) is 2.79. The smallest absolute Gasteiger partial charge is 0.335 e. The van der Waals surface area contributed by atoms with Crippen LogP contribution in [0.25, 0.3) is 0 Å². The lowest BCUT2D eigenvalue weighted by Crippen LogP contribution is -2.52. The van der Waals surface area contributed by atoms with Crippen molar-refractivity contribution in [2.75, 3.05) is 4.90 Å². The van der Waals surface area contributed by atoms with Crippen molar-refractivity contribution in [3.05, 3.63) is 42.0 Å². The highest BCUT2D eigenvalue weighted by Crippen LogP contribution is 2.54. The molecule has 156 valence electrons. The van der Waals surface area contributed by atoms with Gasteiger partial charge >= 0.3 is 17.9 Å². The molecule has 1 aromatic rings. The van der Waals surface area contributed by atoms with Crippen molar-refractivity contribution in [2.24, 2.45) is 11.8 Å². The summed E-state index contributed by atoms with van der Waals surface area (Å²) in [7, 11) is 0. The number of imide groups is 1. The molecule has 4 rings (SSSR count). The first-order chi connectivity index (χ1) is 14.2. The highest BCUT2D eigenvalue weighted by Gasteiger charge is 2.72. The Kier molecular flexibility index (Phi) is 4.46. The van der Waals surface area contributed by atoms with Gasteiger partial charge in [0.05, 0.1) is 29.2 Å². The second-order valence-corrected chi connectivity index (χ2v) is 7.21. The van der Waals surface area contributed by atoms with Crippen LogP contribution in [0.3, 0.4) is 0 Å². The van der Waals surface area contributed by atoms with E-state index in [1.165, 1.54) is 30.3 Å². The Labute approximate surface area is 170 Å². The van der Waals surface area contributed by atoms with Crippen LogP contribution in [-0.4, -0.2) is 52.8 Å². The summed E-state index contributed by atoms with van der Waals surface area (Å²) < 4.78 is 16.1. The molecule has 10 heteroatoms. The Balaban J connectivity index is 1.71. The van der Waals surface area contributed by atoms with Gasteiger partial charge in [-0.25, -0.2) is 9.69 Å². The number of anilines is 1. The number of benzene rings is 1. The van der Waals surface area contributed by atoms with Gasteiger partial charge in [-0.05, 0) is 30.3 Å². The average molecular weight is 415 g/mol. The van der Waals surface area contributed by atoms with Gasteiger partial charge in [0, 0.05) is 13.8 Å². The van der Waals surface area contributed by atoms with E-state index in [0.717, 1.165) is 18.7 Å². The Morgan fingerprint density at radius 2 is 1.67 bits per heavy atom. The maximum atomic E-state index is 13.3. The molecule has 2 bridgehead atoms. The maximum Gasteiger partial charge on any atom is 0.335 e. The minimum Gasteiger partial charge on any atom is -0.478 e. The number of carbonyl (C=O) groups excluding carboxylic acids is 4. The van der Waals surface area contributed by atoms with Gasteiger partial charge in [0.25, 0.3) is 6.29 Å².